The highest BCUT2D eigenvalue weighted by atomic mass is 28.3. The Morgan fingerprint density at radius 1 is 0.600 bits per heavy atom. The molecular formula is C4H16O4Si2. The highest BCUT2D eigenvalue weighted by Crippen LogP contribution is 1.55. The van der Waals surface area contributed by atoms with Crippen molar-refractivity contribution < 1.29 is 17.7 Å². The van der Waals surface area contributed by atoms with Crippen LogP contribution in [0.1, 0.15) is 0 Å². The molecule has 0 aromatic rings. The number of rotatable bonds is 4. The number of hydrogen-bond donors (Lipinski definition) is 0. The van der Waals surface area contributed by atoms with Gasteiger partial charge in [0.15, 0.2) is 0 Å². The fourth-order valence-electron chi connectivity index (χ4n) is 0.236. The van der Waals surface area contributed by atoms with Gasteiger partial charge < -0.3 is 17.7 Å². The minimum Gasteiger partial charge on any atom is -0.402 e. The van der Waals surface area contributed by atoms with Crippen molar-refractivity contribution >= 4 is 20.0 Å². The van der Waals surface area contributed by atoms with E-state index >= 15 is 0 Å². The summed E-state index contributed by atoms with van der Waals surface area (Å²) < 4.78 is 18.4. The summed E-state index contributed by atoms with van der Waals surface area (Å²) in [5.74, 6) is 0. The minimum atomic E-state index is -0.568. The zero-order valence-electron chi connectivity index (χ0n) is 7.05. The van der Waals surface area contributed by atoms with Crippen molar-refractivity contribution in [3.63, 3.8) is 0 Å². The molecule has 0 aromatic carbocycles. The molecule has 0 rings (SSSR count). The van der Waals surface area contributed by atoms with Gasteiger partial charge in [0, 0.05) is 28.4 Å². The smallest absolute Gasteiger partial charge is 0.303 e. The highest BCUT2D eigenvalue weighted by Gasteiger charge is 1.68. The van der Waals surface area contributed by atoms with E-state index in [1.807, 2.05) is 0 Å². The summed E-state index contributed by atoms with van der Waals surface area (Å²) in [4.78, 5) is 0. The molecule has 6 heteroatoms. The summed E-state index contributed by atoms with van der Waals surface area (Å²) in [5, 5.41) is 0. The van der Waals surface area contributed by atoms with E-state index in [1.165, 1.54) is 0 Å². The summed E-state index contributed by atoms with van der Waals surface area (Å²) >= 11 is 0. The Kier molecular flexibility index (Phi) is 20.8. The molecule has 0 spiro atoms. The maximum absolute atomic E-state index is 4.61. The van der Waals surface area contributed by atoms with E-state index in [1.54, 1.807) is 28.4 Å². The molecule has 64 valence electrons. The zero-order valence-corrected chi connectivity index (χ0v) is 9.88. The lowest BCUT2D eigenvalue weighted by Gasteiger charge is -1.86. The topological polar surface area (TPSA) is 36.9 Å². The molecule has 10 heavy (non-hydrogen) atoms. The van der Waals surface area contributed by atoms with Gasteiger partial charge in [0.1, 0.15) is 0 Å². The van der Waals surface area contributed by atoms with Crippen LogP contribution in [0.2, 0.25) is 0 Å². The molecule has 0 N–H and O–H groups in total. The lowest BCUT2D eigenvalue weighted by molar-refractivity contribution is 0.309. The molecule has 0 fully saturated rings. The summed E-state index contributed by atoms with van der Waals surface area (Å²) in [6, 6.07) is 0. The van der Waals surface area contributed by atoms with Gasteiger partial charge in [-0.05, 0) is 0 Å². The van der Waals surface area contributed by atoms with Crippen LogP contribution in [0.25, 0.3) is 0 Å². The lowest BCUT2D eigenvalue weighted by atomic mass is 11.8. The molecule has 4 nitrogen and oxygen atoms in total. The first-order chi connectivity index (χ1) is 4.83. The summed E-state index contributed by atoms with van der Waals surface area (Å²) in [5.41, 5.74) is 0. The van der Waals surface area contributed by atoms with E-state index in [4.69, 9.17) is 0 Å². The van der Waals surface area contributed by atoms with Crippen LogP contribution >= 0.6 is 0 Å². The third-order valence-corrected chi connectivity index (χ3v) is 1.41. The molecule has 0 amide bonds. The quantitative estimate of drug-likeness (QED) is 0.501. The van der Waals surface area contributed by atoms with Crippen molar-refractivity contribution in [3.8, 4) is 0 Å². The molecule has 0 heterocycles. The van der Waals surface area contributed by atoms with Crippen molar-refractivity contribution in [2.75, 3.05) is 28.4 Å². The zero-order chi connectivity index (χ0) is 8.24. The normalized spacial score (nSPS) is 8.40. The van der Waals surface area contributed by atoms with E-state index < -0.39 is 20.0 Å². The largest absolute Gasteiger partial charge is 0.402 e. The van der Waals surface area contributed by atoms with Crippen molar-refractivity contribution in [2.45, 2.75) is 0 Å². The number of hydrogen-bond acceptors (Lipinski definition) is 4. The van der Waals surface area contributed by atoms with Crippen molar-refractivity contribution in [3.05, 3.63) is 0 Å². The Hall–Kier alpha value is 0.274. The van der Waals surface area contributed by atoms with Gasteiger partial charge in [-0.15, -0.1) is 0 Å². The van der Waals surface area contributed by atoms with Crippen LogP contribution in [0.3, 0.4) is 0 Å². The Balaban J connectivity index is 0. The average Bonchev–Trinajstić information content (AvgIpc) is 1.93. The third kappa shape index (κ3) is 24.0. The fourth-order valence-corrected chi connectivity index (χ4v) is 0.707. The van der Waals surface area contributed by atoms with Gasteiger partial charge in [0.25, 0.3) is 0 Å². The lowest BCUT2D eigenvalue weighted by Crippen LogP contribution is -1.93. The van der Waals surface area contributed by atoms with Crippen LogP contribution in [0.4, 0.5) is 0 Å². The minimum absolute atomic E-state index is 0.568. The molecule has 0 aliphatic carbocycles. The summed E-state index contributed by atoms with van der Waals surface area (Å²) in [6.45, 7) is 0. The molecule has 0 saturated heterocycles. The standard InChI is InChI=1S/2C2H8O2Si/c2*1-3-5-4-2/h2*5H2,1-2H3. The Labute approximate surface area is 66.9 Å². The Morgan fingerprint density at radius 2 is 0.800 bits per heavy atom. The molecule has 0 bridgehead atoms. The van der Waals surface area contributed by atoms with Crippen LogP contribution < -0.4 is 0 Å². The second-order valence-corrected chi connectivity index (χ2v) is 4.17. The van der Waals surface area contributed by atoms with Crippen LogP contribution in [0.15, 0.2) is 0 Å². The van der Waals surface area contributed by atoms with E-state index in [0.29, 0.717) is 0 Å². The molecular weight excluding hydrogens is 168 g/mol. The van der Waals surface area contributed by atoms with Gasteiger partial charge >= 0.3 is 20.0 Å². The Morgan fingerprint density at radius 3 is 0.800 bits per heavy atom. The van der Waals surface area contributed by atoms with Crippen LogP contribution in [-0.2, 0) is 17.7 Å². The van der Waals surface area contributed by atoms with Gasteiger partial charge in [0.05, 0.1) is 0 Å². The van der Waals surface area contributed by atoms with Crippen molar-refractivity contribution in [2.24, 2.45) is 0 Å². The van der Waals surface area contributed by atoms with Gasteiger partial charge in [-0.25, -0.2) is 0 Å². The molecule has 0 atom stereocenters. The molecule has 0 aliphatic heterocycles. The fraction of sp³-hybridized carbons (Fsp3) is 1.00. The molecule has 0 saturated carbocycles. The van der Waals surface area contributed by atoms with Gasteiger partial charge in [-0.2, -0.15) is 0 Å². The van der Waals surface area contributed by atoms with E-state index in [0.717, 1.165) is 0 Å². The maximum atomic E-state index is 4.61. The summed E-state index contributed by atoms with van der Waals surface area (Å²) in [7, 11) is 5.46. The van der Waals surface area contributed by atoms with Gasteiger partial charge in [-0.1, -0.05) is 0 Å². The van der Waals surface area contributed by atoms with E-state index in [-0.39, 0.29) is 0 Å². The SMILES string of the molecule is CO[SiH2]OC.CO[SiH2]OC. The summed E-state index contributed by atoms with van der Waals surface area (Å²) in [6.07, 6.45) is 0. The predicted octanol–water partition coefficient (Wildman–Crippen LogP) is -1.44. The molecule has 0 aliphatic rings. The second-order valence-electron chi connectivity index (χ2n) is 1.39. The first-order valence-electron chi connectivity index (χ1n) is 2.79. The third-order valence-electron chi connectivity index (χ3n) is 0.471. The van der Waals surface area contributed by atoms with Crippen LogP contribution in [0, 0.1) is 0 Å². The Bertz CT molecular complexity index is 36.2. The molecule has 0 aromatic heterocycles. The molecule has 0 radical (unpaired) electrons. The van der Waals surface area contributed by atoms with E-state index in [9.17, 15) is 0 Å². The second kappa shape index (κ2) is 16.1. The average molecular weight is 184 g/mol. The highest BCUT2D eigenvalue weighted by molar-refractivity contribution is 6.17. The van der Waals surface area contributed by atoms with Crippen LogP contribution in [0.5, 0.6) is 0 Å². The predicted molar refractivity (Wildman–Crippen MR) is 45.1 cm³/mol. The monoisotopic (exact) mass is 184 g/mol. The first-order valence-corrected chi connectivity index (χ1v) is 5.10. The maximum Gasteiger partial charge on any atom is 0.303 e. The molecule has 0 unspecified atom stereocenters. The van der Waals surface area contributed by atoms with Crippen molar-refractivity contribution in [1.29, 1.82) is 0 Å². The first kappa shape index (κ1) is 12.9. The van der Waals surface area contributed by atoms with Gasteiger partial charge in [0.2, 0.25) is 0 Å². The van der Waals surface area contributed by atoms with E-state index in [2.05, 4.69) is 17.7 Å². The van der Waals surface area contributed by atoms with Crippen LogP contribution in [-0.4, -0.2) is 48.5 Å². The van der Waals surface area contributed by atoms with Gasteiger partial charge in [-0.3, -0.25) is 0 Å². The van der Waals surface area contributed by atoms with Crippen molar-refractivity contribution in [1.82, 2.24) is 0 Å².